The maximum absolute atomic E-state index is 9.44. The van der Waals surface area contributed by atoms with E-state index in [0.717, 1.165) is 31.4 Å². The first-order valence-electron chi connectivity index (χ1n) is 7.87. The van der Waals surface area contributed by atoms with Gasteiger partial charge in [0.25, 0.3) is 0 Å². The molecule has 21 heavy (non-hydrogen) atoms. The van der Waals surface area contributed by atoms with Crippen molar-refractivity contribution in [3.05, 3.63) is 29.3 Å². The molecule has 0 spiro atoms. The first-order valence-corrected chi connectivity index (χ1v) is 7.87. The lowest BCUT2D eigenvalue weighted by Gasteiger charge is -2.36. The number of aryl methyl sites for hydroxylation is 1. The Morgan fingerprint density at radius 3 is 2.81 bits per heavy atom. The molecule has 114 valence electrons. The molecule has 0 saturated heterocycles. The summed E-state index contributed by atoms with van der Waals surface area (Å²) >= 11 is 0. The van der Waals surface area contributed by atoms with Crippen LogP contribution in [0.4, 0.5) is 0 Å². The van der Waals surface area contributed by atoms with Crippen LogP contribution >= 0.6 is 0 Å². The van der Waals surface area contributed by atoms with Crippen molar-refractivity contribution < 1.29 is 4.74 Å². The second-order valence-electron chi connectivity index (χ2n) is 6.48. The smallest absolute Gasteiger partial charge is 0.123 e. The third-order valence-corrected chi connectivity index (χ3v) is 4.48. The lowest BCUT2D eigenvalue weighted by molar-refractivity contribution is 0.114. The summed E-state index contributed by atoms with van der Waals surface area (Å²) in [7, 11) is 1.87. The Labute approximate surface area is 128 Å². The van der Waals surface area contributed by atoms with Gasteiger partial charge in [0.15, 0.2) is 0 Å². The minimum atomic E-state index is -0.426. The monoisotopic (exact) mass is 286 g/mol. The molecule has 3 nitrogen and oxygen atoms in total. The van der Waals surface area contributed by atoms with Gasteiger partial charge in [0, 0.05) is 6.42 Å². The van der Waals surface area contributed by atoms with Crippen LogP contribution in [0, 0.1) is 18.3 Å². The van der Waals surface area contributed by atoms with Gasteiger partial charge in [-0.2, -0.15) is 5.26 Å². The Balaban J connectivity index is 2.18. The topological polar surface area (TPSA) is 45.0 Å². The van der Waals surface area contributed by atoms with E-state index in [1.165, 1.54) is 11.1 Å². The zero-order valence-corrected chi connectivity index (χ0v) is 13.6. The van der Waals surface area contributed by atoms with E-state index in [2.05, 4.69) is 50.4 Å². The lowest BCUT2D eigenvalue weighted by atomic mass is 9.81. The normalized spacial score (nSPS) is 25.6. The van der Waals surface area contributed by atoms with E-state index in [1.807, 2.05) is 7.05 Å². The number of ether oxygens (including phenoxy) is 1. The van der Waals surface area contributed by atoms with Gasteiger partial charge in [-0.25, -0.2) is 0 Å². The van der Waals surface area contributed by atoms with Crippen molar-refractivity contribution in [3.8, 4) is 11.8 Å². The number of nitriles is 1. The Morgan fingerprint density at radius 2 is 2.19 bits per heavy atom. The quantitative estimate of drug-likeness (QED) is 0.912. The molecule has 1 aromatic rings. The van der Waals surface area contributed by atoms with E-state index >= 15 is 0 Å². The fourth-order valence-corrected chi connectivity index (χ4v) is 3.11. The predicted molar refractivity (Wildman–Crippen MR) is 85.6 cm³/mol. The number of hydrogen-bond acceptors (Lipinski definition) is 3. The minimum absolute atomic E-state index is 0.116. The highest BCUT2D eigenvalue weighted by atomic mass is 16.5. The van der Waals surface area contributed by atoms with Crippen LogP contribution in [-0.2, 0) is 0 Å². The number of nitrogens with one attached hydrogen (secondary N) is 1. The first-order chi connectivity index (χ1) is 9.99. The van der Waals surface area contributed by atoms with Gasteiger partial charge >= 0.3 is 0 Å². The van der Waals surface area contributed by atoms with Crippen LogP contribution in [0.2, 0.25) is 0 Å². The van der Waals surface area contributed by atoms with Gasteiger partial charge in [0.1, 0.15) is 17.4 Å². The molecule has 2 unspecified atom stereocenters. The fraction of sp³-hybridized carbons (Fsp3) is 0.611. The predicted octanol–water partition coefficient (Wildman–Crippen LogP) is 3.92. The largest absolute Gasteiger partial charge is 0.490 e. The highest BCUT2D eigenvalue weighted by molar-refractivity contribution is 5.39. The van der Waals surface area contributed by atoms with Gasteiger partial charge in [0.2, 0.25) is 0 Å². The molecule has 3 heteroatoms. The molecule has 0 radical (unpaired) electrons. The van der Waals surface area contributed by atoms with Crippen molar-refractivity contribution in [2.75, 3.05) is 7.05 Å². The molecule has 1 aliphatic rings. The fourth-order valence-electron chi connectivity index (χ4n) is 3.11. The van der Waals surface area contributed by atoms with E-state index in [0.29, 0.717) is 5.92 Å². The molecular formula is C18H26N2O. The molecule has 1 aliphatic carbocycles. The highest BCUT2D eigenvalue weighted by Crippen LogP contribution is 2.34. The summed E-state index contributed by atoms with van der Waals surface area (Å²) in [4.78, 5) is 0. The van der Waals surface area contributed by atoms with Crippen LogP contribution in [0.25, 0.3) is 0 Å². The molecule has 1 N–H and O–H groups in total. The summed E-state index contributed by atoms with van der Waals surface area (Å²) < 4.78 is 6.30. The molecule has 2 rings (SSSR count). The number of hydrogen-bond donors (Lipinski definition) is 1. The molecule has 1 fully saturated rings. The average molecular weight is 286 g/mol. The Hall–Kier alpha value is -1.53. The van der Waals surface area contributed by atoms with Gasteiger partial charge in [-0.1, -0.05) is 26.0 Å². The molecule has 2 atom stereocenters. The van der Waals surface area contributed by atoms with Gasteiger partial charge < -0.3 is 10.1 Å². The van der Waals surface area contributed by atoms with E-state index in [-0.39, 0.29) is 6.10 Å². The molecular weight excluding hydrogens is 260 g/mol. The lowest BCUT2D eigenvalue weighted by Crippen LogP contribution is -2.48. The van der Waals surface area contributed by atoms with Gasteiger partial charge in [-0.05, 0) is 56.3 Å². The summed E-state index contributed by atoms with van der Waals surface area (Å²) in [5, 5.41) is 12.6. The zero-order chi connectivity index (χ0) is 15.5. The molecule has 1 saturated carbocycles. The van der Waals surface area contributed by atoms with Crippen molar-refractivity contribution in [1.82, 2.24) is 5.32 Å². The molecule has 0 heterocycles. The SMILES string of the molecule is CNC1(C#N)CCCC(Oc2cc(C)ccc2C(C)C)C1. The summed E-state index contributed by atoms with van der Waals surface area (Å²) in [5.41, 5.74) is 2.04. The van der Waals surface area contributed by atoms with Gasteiger partial charge in [-0.15, -0.1) is 0 Å². The van der Waals surface area contributed by atoms with Crippen LogP contribution in [-0.4, -0.2) is 18.7 Å². The zero-order valence-electron chi connectivity index (χ0n) is 13.6. The van der Waals surface area contributed by atoms with Crippen molar-refractivity contribution >= 4 is 0 Å². The number of rotatable bonds is 4. The van der Waals surface area contributed by atoms with Crippen LogP contribution in [0.1, 0.15) is 56.6 Å². The number of benzene rings is 1. The second kappa shape index (κ2) is 6.49. The molecule has 0 aliphatic heterocycles. The standard InChI is InChI=1S/C18H26N2O/c1-13(2)16-8-7-14(3)10-17(16)21-15-6-5-9-18(11-15,12-19)20-4/h7-8,10,13,15,20H,5-6,9,11H2,1-4H3. The molecule has 0 bridgehead atoms. The van der Waals surface area contributed by atoms with Crippen molar-refractivity contribution in [2.24, 2.45) is 0 Å². The van der Waals surface area contributed by atoms with Crippen molar-refractivity contribution in [3.63, 3.8) is 0 Å². The summed E-state index contributed by atoms with van der Waals surface area (Å²) in [6, 6.07) is 8.86. The second-order valence-corrected chi connectivity index (χ2v) is 6.48. The van der Waals surface area contributed by atoms with Crippen molar-refractivity contribution in [2.45, 2.75) is 64.0 Å². The van der Waals surface area contributed by atoms with Crippen molar-refractivity contribution in [1.29, 1.82) is 5.26 Å². The van der Waals surface area contributed by atoms with Crippen LogP contribution < -0.4 is 10.1 Å². The average Bonchev–Trinajstić information content (AvgIpc) is 2.47. The molecule has 0 amide bonds. The Bertz CT molecular complexity index is 533. The van der Waals surface area contributed by atoms with Gasteiger partial charge in [0.05, 0.1) is 6.07 Å². The summed E-state index contributed by atoms with van der Waals surface area (Å²) in [6.45, 7) is 6.46. The third kappa shape index (κ3) is 3.57. The third-order valence-electron chi connectivity index (χ3n) is 4.48. The number of nitrogens with zero attached hydrogens (tertiary/aromatic N) is 1. The van der Waals surface area contributed by atoms with E-state index in [9.17, 15) is 5.26 Å². The first kappa shape index (κ1) is 15.9. The summed E-state index contributed by atoms with van der Waals surface area (Å²) in [5.74, 6) is 1.43. The van der Waals surface area contributed by atoms with Crippen LogP contribution in [0.3, 0.4) is 0 Å². The Morgan fingerprint density at radius 1 is 1.43 bits per heavy atom. The summed E-state index contributed by atoms with van der Waals surface area (Å²) in [6.07, 6.45) is 3.83. The highest BCUT2D eigenvalue weighted by Gasteiger charge is 2.36. The van der Waals surface area contributed by atoms with E-state index in [4.69, 9.17) is 4.74 Å². The van der Waals surface area contributed by atoms with Crippen LogP contribution in [0.15, 0.2) is 18.2 Å². The van der Waals surface area contributed by atoms with E-state index < -0.39 is 5.54 Å². The maximum Gasteiger partial charge on any atom is 0.123 e. The maximum atomic E-state index is 9.44. The Kier molecular flexibility index (Phi) is 4.90. The molecule has 0 aromatic heterocycles. The van der Waals surface area contributed by atoms with E-state index in [1.54, 1.807) is 0 Å². The van der Waals surface area contributed by atoms with Crippen LogP contribution in [0.5, 0.6) is 5.75 Å². The minimum Gasteiger partial charge on any atom is -0.490 e. The molecule has 1 aromatic carbocycles. The van der Waals surface area contributed by atoms with Gasteiger partial charge in [-0.3, -0.25) is 0 Å².